The highest BCUT2D eigenvalue weighted by atomic mass is 32.3. The third kappa shape index (κ3) is 4.48. The van der Waals surface area contributed by atoms with Gasteiger partial charge in [0.1, 0.15) is 0 Å². The van der Waals surface area contributed by atoms with E-state index in [1.165, 1.54) is 10.8 Å². The zero-order valence-electron chi connectivity index (χ0n) is 9.49. The summed E-state index contributed by atoms with van der Waals surface area (Å²) < 4.78 is 29.7. The topological polar surface area (TPSA) is 76.5 Å². The molecular weight excluding hydrogens is 242 g/mol. The molecule has 0 saturated carbocycles. The van der Waals surface area contributed by atoms with Gasteiger partial charge in [0.2, 0.25) is 0 Å². The Kier molecular flexibility index (Phi) is 4.56. The van der Waals surface area contributed by atoms with E-state index >= 15 is 0 Å². The minimum Gasteiger partial charge on any atom is -0.264 e. The van der Waals surface area contributed by atoms with Crippen molar-refractivity contribution in [2.24, 2.45) is 0 Å². The molecule has 0 unspecified atom stereocenters. The second-order valence-corrected chi connectivity index (χ2v) is 4.40. The predicted molar refractivity (Wildman–Crippen MR) is 65.0 cm³/mol. The number of benzene rings is 1. The summed E-state index contributed by atoms with van der Waals surface area (Å²) in [7, 11) is -3.29. The molecule has 1 aromatic heterocycles. The second-order valence-electron chi connectivity index (χ2n) is 3.21. The molecule has 5 nitrogen and oxygen atoms in total. The largest absolute Gasteiger partial charge is 0.397 e. The molecule has 0 spiro atoms. The maximum absolute atomic E-state index is 9.33. The van der Waals surface area contributed by atoms with Gasteiger partial charge in [-0.15, -0.1) is 0 Å². The summed E-state index contributed by atoms with van der Waals surface area (Å²) in [6, 6.07) is 10.3. The zero-order valence-corrected chi connectivity index (χ0v) is 10.3. The van der Waals surface area contributed by atoms with Crippen LogP contribution in [0.4, 0.5) is 0 Å². The number of aromatic nitrogens is 1. The highest BCUT2D eigenvalue weighted by Crippen LogP contribution is 2.14. The van der Waals surface area contributed by atoms with E-state index < -0.39 is 10.4 Å². The summed E-state index contributed by atoms with van der Waals surface area (Å²) in [4.78, 5) is 4.21. The van der Waals surface area contributed by atoms with Crippen LogP contribution in [-0.2, 0) is 14.6 Å². The lowest BCUT2D eigenvalue weighted by Crippen LogP contribution is -1.96. The molecule has 0 aliphatic carbocycles. The van der Waals surface area contributed by atoms with E-state index in [1.807, 2.05) is 31.3 Å². The Bertz CT molecular complexity index is 590. The van der Waals surface area contributed by atoms with Crippen LogP contribution in [0, 0.1) is 6.92 Å². The number of fused-ring (bicyclic) bond motifs is 1. The summed E-state index contributed by atoms with van der Waals surface area (Å²) in [5, 5.41) is 2.51. The molecule has 1 aromatic carbocycles. The van der Waals surface area contributed by atoms with Crippen molar-refractivity contribution < 1.29 is 17.2 Å². The predicted octanol–water partition coefficient (Wildman–Crippen LogP) is 1.98. The summed E-state index contributed by atoms with van der Waals surface area (Å²) in [5.41, 5.74) is 1.10. The van der Waals surface area contributed by atoms with Crippen LogP contribution in [-0.4, -0.2) is 25.1 Å². The van der Waals surface area contributed by atoms with Gasteiger partial charge in [-0.05, 0) is 18.4 Å². The fraction of sp³-hybridized carbons (Fsp3) is 0.182. The van der Waals surface area contributed by atoms with Gasteiger partial charge in [-0.3, -0.25) is 13.7 Å². The van der Waals surface area contributed by atoms with Crippen molar-refractivity contribution >= 4 is 21.2 Å². The number of pyridine rings is 1. The van der Waals surface area contributed by atoms with Gasteiger partial charge in [-0.1, -0.05) is 24.3 Å². The van der Waals surface area contributed by atoms with Gasteiger partial charge in [-0.25, -0.2) is 0 Å². The molecule has 0 radical (unpaired) electrons. The summed E-state index contributed by atoms with van der Waals surface area (Å²) in [5.74, 6) is 0. The third-order valence-corrected chi connectivity index (χ3v) is 2.50. The first kappa shape index (κ1) is 13.6. The van der Waals surface area contributed by atoms with E-state index in [9.17, 15) is 8.42 Å². The third-order valence-electron chi connectivity index (χ3n) is 2.08. The van der Waals surface area contributed by atoms with Crippen molar-refractivity contribution in [3.63, 3.8) is 0 Å². The highest BCUT2D eigenvalue weighted by molar-refractivity contribution is 7.80. The van der Waals surface area contributed by atoms with E-state index in [0.29, 0.717) is 0 Å². The summed E-state index contributed by atoms with van der Waals surface area (Å²) >= 11 is 0. The molecule has 1 heterocycles. The lowest BCUT2D eigenvalue weighted by atomic mass is 10.1. The van der Waals surface area contributed by atoms with Gasteiger partial charge in [0.05, 0.1) is 7.11 Å². The van der Waals surface area contributed by atoms with Crippen molar-refractivity contribution in [2.75, 3.05) is 7.11 Å². The molecule has 0 saturated heterocycles. The van der Waals surface area contributed by atoms with Crippen LogP contribution in [0.25, 0.3) is 10.8 Å². The normalized spacial score (nSPS) is 10.8. The Morgan fingerprint density at radius 3 is 2.35 bits per heavy atom. The maximum Gasteiger partial charge on any atom is 0.397 e. The fourth-order valence-electron chi connectivity index (χ4n) is 1.27. The van der Waals surface area contributed by atoms with Gasteiger partial charge in [0, 0.05) is 17.3 Å². The molecular formula is C11H13NO4S. The van der Waals surface area contributed by atoms with Gasteiger partial charge < -0.3 is 0 Å². The zero-order chi connectivity index (χ0) is 12.9. The Labute approximate surface area is 100 Å². The molecule has 0 aliphatic heterocycles. The van der Waals surface area contributed by atoms with Crippen LogP contribution < -0.4 is 0 Å². The van der Waals surface area contributed by atoms with Crippen LogP contribution in [0.2, 0.25) is 0 Å². The molecule has 92 valence electrons. The van der Waals surface area contributed by atoms with Gasteiger partial charge in [0.15, 0.2) is 0 Å². The standard InChI is InChI=1S/C10H9N.CH4O4S/c1-8-10-5-3-2-4-9(10)6-7-11-8;1-5-6(2,3)4/h2-7H,1H3;1H3,(H,2,3,4). The molecule has 0 aliphatic rings. The Morgan fingerprint density at radius 2 is 1.82 bits per heavy atom. The van der Waals surface area contributed by atoms with Gasteiger partial charge in [-0.2, -0.15) is 8.42 Å². The van der Waals surface area contributed by atoms with Gasteiger partial charge >= 0.3 is 10.4 Å². The number of aryl methyl sites for hydroxylation is 1. The smallest absolute Gasteiger partial charge is 0.264 e. The maximum atomic E-state index is 9.33. The SMILES string of the molecule is COS(=O)(=O)O.Cc1nccc2ccccc12. The Morgan fingerprint density at radius 1 is 1.24 bits per heavy atom. The summed E-state index contributed by atoms with van der Waals surface area (Å²) in [6.07, 6.45) is 1.84. The first-order valence-electron chi connectivity index (χ1n) is 4.77. The molecule has 0 atom stereocenters. The number of hydrogen-bond acceptors (Lipinski definition) is 4. The molecule has 2 aromatic rings. The summed E-state index contributed by atoms with van der Waals surface area (Å²) in [6.45, 7) is 2.03. The van der Waals surface area contributed by atoms with Crippen LogP contribution in [0.1, 0.15) is 5.69 Å². The monoisotopic (exact) mass is 255 g/mol. The molecule has 1 N–H and O–H groups in total. The van der Waals surface area contributed by atoms with Crippen molar-refractivity contribution in [1.29, 1.82) is 0 Å². The van der Waals surface area contributed by atoms with E-state index in [-0.39, 0.29) is 0 Å². The molecule has 17 heavy (non-hydrogen) atoms. The van der Waals surface area contributed by atoms with E-state index in [1.54, 1.807) is 0 Å². The van der Waals surface area contributed by atoms with Crippen molar-refractivity contribution in [3.8, 4) is 0 Å². The van der Waals surface area contributed by atoms with Crippen molar-refractivity contribution in [1.82, 2.24) is 4.98 Å². The van der Waals surface area contributed by atoms with E-state index in [0.717, 1.165) is 12.8 Å². The van der Waals surface area contributed by atoms with Crippen LogP contribution in [0.5, 0.6) is 0 Å². The quantitative estimate of drug-likeness (QED) is 0.788. The number of hydrogen-bond donors (Lipinski definition) is 1. The molecule has 0 amide bonds. The molecule has 2 rings (SSSR count). The number of nitrogens with zero attached hydrogens (tertiary/aromatic N) is 1. The van der Waals surface area contributed by atoms with Crippen LogP contribution in [0.15, 0.2) is 36.5 Å². The molecule has 0 fully saturated rings. The van der Waals surface area contributed by atoms with E-state index in [2.05, 4.69) is 21.3 Å². The second kappa shape index (κ2) is 5.72. The first-order valence-corrected chi connectivity index (χ1v) is 6.14. The average Bonchev–Trinajstić information content (AvgIpc) is 2.30. The van der Waals surface area contributed by atoms with Crippen LogP contribution >= 0.6 is 0 Å². The molecule has 0 bridgehead atoms. The lowest BCUT2D eigenvalue weighted by molar-refractivity contribution is 0.324. The first-order chi connectivity index (χ1) is 7.94. The fourth-order valence-corrected chi connectivity index (χ4v) is 1.27. The number of rotatable bonds is 1. The molecule has 6 heteroatoms. The lowest BCUT2D eigenvalue weighted by Gasteiger charge is -1.97. The average molecular weight is 255 g/mol. The van der Waals surface area contributed by atoms with Crippen molar-refractivity contribution in [3.05, 3.63) is 42.2 Å². The highest BCUT2D eigenvalue weighted by Gasteiger charge is 1.94. The minimum atomic E-state index is -4.16. The van der Waals surface area contributed by atoms with Gasteiger partial charge in [0.25, 0.3) is 0 Å². The van der Waals surface area contributed by atoms with Crippen LogP contribution in [0.3, 0.4) is 0 Å². The minimum absolute atomic E-state index is 0.870. The van der Waals surface area contributed by atoms with Crippen molar-refractivity contribution in [2.45, 2.75) is 6.92 Å². The Hall–Kier alpha value is -1.50. The Balaban J connectivity index is 0.000000209. The van der Waals surface area contributed by atoms with E-state index in [4.69, 9.17) is 4.55 Å².